The molecule has 0 saturated carbocycles. The summed E-state index contributed by atoms with van der Waals surface area (Å²) in [6.07, 6.45) is 6.73. The van der Waals surface area contributed by atoms with Crippen molar-refractivity contribution >= 4 is 28.4 Å². The minimum atomic E-state index is -0.376. The van der Waals surface area contributed by atoms with Crippen molar-refractivity contribution < 1.29 is 0 Å². The minimum absolute atomic E-state index is 0.376. The van der Waals surface area contributed by atoms with E-state index in [2.05, 4.69) is 174 Å². The molecule has 0 atom stereocenters. The molecule has 0 fully saturated rings. The summed E-state index contributed by atoms with van der Waals surface area (Å²) >= 11 is 0. The first-order valence-electron chi connectivity index (χ1n) is 15.8. The molecule has 0 bridgehead atoms. The Kier molecular flexibility index (Phi) is 5.89. The number of anilines is 2. The molecule has 0 spiro atoms. The Balaban J connectivity index is 1.18. The fourth-order valence-corrected chi connectivity index (χ4v) is 7.86. The van der Waals surface area contributed by atoms with Gasteiger partial charge in [0.1, 0.15) is 0 Å². The van der Waals surface area contributed by atoms with Gasteiger partial charge in [-0.05, 0) is 100 Å². The Morgan fingerprint density at radius 2 is 1.18 bits per heavy atom. The van der Waals surface area contributed by atoms with Gasteiger partial charge in [-0.2, -0.15) is 0 Å². The molecular weight excluding hydrogens is 544 g/mol. The molecule has 2 heteroatoms. The van der Waals surface area contributed by atoms with E-state index >= 15 is 0 Å². The van der Waals surface area contributed by atoms with E-state index in [4.69, 9.17) is 0 Å². The standard InChI is InChI=1S/C43H32N2/c1-4-14-30(15-5-1)43(31-16-6-2-7-17-31)39-22-12-10-20-35(39)37-28-32(24-26-40(37)43)44-33-25-27-42-38(29-33)36-21-11-13-23-41(36)45(42)34-18-8-3-9-19-34/h1-10,12-20,22-29,44H,11,21H2. The lowest BCUT2D eigenvalue weighted by Gasteiger charge is -2.33. The maximum Gasteiger partial charge on any atom is 0.0713 e. The summed E-state index contributed by atoms with van der Waals surface area (Å²) < 4.78 is 2.41. The number of hydrogen-bond donors (Lipinski definition) is 1. The van der Waals surface area contributed by atoms with Gasteiger partial charge < -0.3 is 9.88 Å². The van der Waals surface area contributed by atoms with E-state index in [1.807, 2.05) is 0 Å². The number of para-hydroxylation sites is 1. The Labute approximate surface area is 263 Å². The van der Waals surface area contributed by atoms with Crippen molar-refractivity contribution in [1.29, 1.82) is 0 Å². The summed E-state index contributed by atoms with van der Waals surface area (Å²) in [5.74, 6) is 0. The van der Waals surface area contributed by atoms with Gasteiger partial charge in [-0.25, -0.2) is 0 Å². The van der Waals surface area contributed by atoms with E-state index in [9.17, 15) is 0 Å². The van der Waals surface area contributed by atoms with Crippen molar-refractivity contribution in [3.05, 3.63) is 191 Å². The van der Waals surface area contributed by atoms with E-state index in [1.54, 1.807) is 0 Å². The zero-order valence-electron chi connectivity index (χ0n) is 24.9. The Morgan fingerprint density at radius 3 is 1.93 bits per heavy atom. The molecule has 2 aliphatic rings. The van der Waals surface area contributed by atoms with Crippen molar-refractivity contribution in [3.8, 4) is 16.8 Å². The number of benzene rings is 6. The van der Waals surface area contributed by atoms with E-state index < -0.39 is 0 Å². The zero-order valence-corrected chi connectivity index (χ0v) is 24.9. The fraction of sp³-hybridized carbons (Fsp3) is 0.0698. The molecule has 9 rings (SSSR count). The van der Waals surface area contributed by atoms with Crippen molar-refractivity contribution in [2.75, 3.05) is 5.32 Å². The van der Waals surface area contributed by atoms with Crippen LogP contribution in [0, 0.1) is 0 Å². The lowest BCUT2D eigenvalue weighted by atomic mass is 9.68. The normalized spacial score (nSPS) is 14.1. The number of rotatable bonds is 5. The number of nitrogens with zero attached hydrogens (tertiary/aromatic N) is 1. The lowest BCUT2D eigenvalue weighted by molar-refractivity contribution is 0.768. The molecular formula is C43H32N2. The third kappa shape index (κ3) is 3.89. The zero-order chi connectivity index (χ0) is 29.8. The number of aryl methyl sites for hydroxylation is 1. The smallest absolute Gasteiger partial charge is 0.0713 e. The van der Waals surface area contributed by atoms with Crippen LogP contribution in [0.3, 0.4) is 0 Å². The number of aromatic nitrogens is 1. The van der Waals surface area contributed by atoms with E-state index in [0.29, 0.717) is 0 Å². The predicted octanol–water partition coefficient (Wildman–Crippen LogP) is 10.7. The minimum Gasteiger partial charge on any atom is -0.355 e. The number of allylic oxidation sites excluding steroid dienone is 1. The van der Waals surface area contributed by atoms with Gasteiger partial charge in [0.25, 0.3) is 0 Å². The summed E-state index contributed by atoms with van der Waals surface area (Å²) in [6.45, 7) is 0. The first-order valence-corrected chi connectivity index (χ1v) is 15.8. The Morgan fingerprint density at radius 1 is 0.556 bits per heavy atom. The molecule has 2 aliphatic carbocycles. The molecule has 0 aliphatic heterocycles. The van der Waals surface area contributed by atoms with Crippen molar-refractivity contribution in [1.82, 2.24) is 4.57 Å². The van der Waals surface area contributed by atoms with E-state index in [-0.39, 0.29) is 5.41 Å². The van der Waals surface area contributed by atoms with Crippen LogP contribution >= 0.6 is 0 Å². The second kappa shape index (κ2) is 10.2. The van der Waals surface area contributed by atoms with Crippen LogP contribution in [0.1, 0.15) is 39.9 Å². The first kappa shape index (κ1) is 25.9. The van der Waals surface area contributed by atoms with Gasteiger partial charge in [-0.15, -0.1) is 0 Å². The highest BCUT2D eigenvalue weighted by Crippen LogP contribution is 2.56. The van der Waals surface area contributed by atoms with Crippen LogP contribution < -0.4 is 5.32 Å². The fourth-order valence-electron chi connectivity index (χ4n) is 7.86. The van der Waals surface area contributed by atoms with Gasteiger partial charge in [0.15, 0.2) is 0 Å². The van der Waals surface area contributed by atoms with Crippen LogP contribution in [0.5, 0.6) is 0 Å². The SMILES string of the molecule is C1=Cc2c(c3cc(Nc4ccc5c(c4)-c4ccccc4C5(c4ccccc4)c4ccccc4)ccc3n2-c2ccccc2)CC1. The summed E-state index contributed by atoms with van der Waals surface area (Å²) in [7, 11) is 0. The third-order valence-corrected chi connectivity index (χ3v) is 9.71. The highest BCUT2D eigenvalue weighted by atomic mass is 15.0. The van der Waals surface area contributed by atoms with E-state index in [1.165, 1.54) is 61.2 Å². The average molecular weight is 577 g/mol. The average Bonchev–Trinajstić information content (AvgIpc) is 3.60. The molecule has 1 aromatic heterocycles. The van der Waals surface area contributed by atoms with Gasteiger partial charge in [0.2, 0.25) is 0 Å². The van der Waals surface area contributed by atoms with Crippen LogP contribution in [0.2, 0.25) is 0 Å². The summed E-state index contributed by atoms with van der Waals surface area (Å²) in [6, 6.07) is 55.4. The van der Waals surface area contributed by atoms with Crippen LogP contribution in [0.25, 0.3) is 33.8 Å². The second-order valence-corrected chi connectivity index (χ2v) is 12.1. The van der Waals surface area contributed by atoms with Crippen LogP contribution in [-0.2, 0) is 11.8 Å². The van der Waals surface area contributed by atoms with Crippen molar-refractivity contribution in [2.45, 2.75) is 18.3 Å². The number of nitrogens with one attached hydrogen (secondary N) is 1. The summed E-state index contributed by atoms with van der Waals surface area (Å²) in [5.41, 5.74) is 14.8. The second-order valence-electron chi connectivity index (χ2n) is 12.1. The molecule has 214 valence electrons. The van der Waals surface area contributed by atoms with Gasteiger partial charge in [-0.1, -0.05) is 115 Å². The molecule has 0 unspecified atom stereocenters. The largest absolute Gasteiger partial charge is 0.355 e. The Bertz CT molecular complexity index is 2180. The molecule has 0 saturated heterocycles. The molecule has 6 aromatic carbocycles. The van der Waals surface area contributed by atoms with Gasteiger partial charge in [-0.3, -0.25) is 0 Å². The molecule has 0 amide bonds. The summed E-state index contributed by atoms with van der Waals surface area (Å²) in [5, 5.41) is 5.11. The quantitative estimate of drug-likeness (QED) is 0.216. The first-order chi connectivity index (χ1) is 22.3. The van der Waals surface area contributed by atoms with Crippen LogP contribution in [0.4, 0.5) is 11.4 Å². The molecule has 7 aromatic rings. The van der Waals surface area contributed by atoms with Gasteiger partial charge in [0, 0.05) is 28.1 Å². The summed E-state index contributed by atoms with van der Waals surface area (Å²) in [4.78, 5) is 0. The maximum atomic E-state index is 3.79. The van der Waals surface area contributed by atoms with Gasteiger partial charge in [0.05, 0.1) is 10.9 Å². The van der Waals surface area contributed by atoms with Gasteiger partial charge >= 0.3 is 0 Å². The lowest BCUT2D eigenvalue weighted by Crippen LogP contribution is -2.28. The maximum absolute atomic E-state index is 3.79. The van der Waals surface area contributed by atoms with E-state index in [0.717, 1.165) is 24.2 Å². The highest BCUT2D eigenvalue weighted by molar-refractivity contribution is 5.94. The van der Waals surface area contributed by atoms with Crippen molar-refractivity contribution in [3.63, 3.8) is 0 Å². The Hall–Kier alpha value is -5.60. The number of hydrogen-bond acceptors (Lipinski definition) is 1. The number of fused-ring (bicyclic) bond motifs is 6. The molecule has 1 heterocycles. The molecule has 1 N–H and O–H groups in total. The molecule has 45 heavy (non-hydrogen) atoms. The predicted molar refractivity (Wildman–Crippen MR) is 188 cm³/mol. The van der Waals surface area contributed by atoms with Crippen LogP contribution in [0.15, 0.2) is 158 Å². The molecule has 2 nitrogen and oxygen atoms in total. The monoisotopic (exact) mass is 576 g/mol. The van der Waals surface area contributed by atoms with Crippen molar-refractivity contribution in [2.24, 2.45) is 0 Å². The highest BCUT2D eigenvalue weighted by Gasteiger charge is 2.45. The molecule has 0 radical (unpaired) electrons. The topological polar surface area (TPSA) is 17.0 Å². The van der Waals surface area contributed by atoms with Crippen LogP contribution in [-0.4, -0.2) is 4.57 Å². The third-order valence-electron chi connectivity index (χ3n) is 9.71.